The molecule has 0 radical (unpaired) electrons. The number of hydrogen-bond donors (Lipinski definition) is 2. The summed E-state index contributed by atoms with van der Waals surface area (Å²) in [4.78, 5) is 12.0. The molecule has 1 rings (SSSR count). The Morgan fingerprint density at radius 2 is 2.00 bits per heavy atom. The van der Waals surface area contributed by atoms with Gasteiger partial charge in [-0.2, -0.15) is 0 Å². The average molecular weight is 315 g/mol. The first-order valence-corrected chi connectivity index (χ1v) is 7.24. The quantitative estimate of drug-likeness (QED) is 0.811. The van der Waals surface area contributed by atoms with Crippen molar-refractivity contribution in [3.8, 4) is 11.5 Å². The molecule has 1 unspecified atom stereocenters. The molecular weight excluding hydrogens is 292 g/mol. The molecule has 0 aliphatic heterocycles. The highest BCUT2D eigenvalue weighted by Gasteiger charge is 2.20. The summed E-state index contributed by atoms with van der Waals surface area (Å²) in [5.41, 5.74) is 0.839. The van der Waals surface area contributed by atoms with E-state index in [-0.39, 0.29) is 11.9 Å². The first-order valence-electron chi connectivity index (χ1n) is 6.87. The van der Waals surface area contributed by atoms with Gasteiger partial charge in [-0.25, -0.2) is 0 Å². The van der Waals surface area contributed by atoms with Gasteiger partial charge in [-0.1, -0.05) is 11.6 Å². The summed E-state index contributed by atoms with van der Waals surface area (Å²) in [6.45, 7) is 6.07. The van der Waals surface area contributed by atoms with Gasteiger partial charge >= 0.3 is 0 Å². The molecule has 1 amide bonds. The van der Waals surface area contributed by atoms with Crippen molar-refractivity contribution in [1.82, 2.24) is 10.6 Å². The highest BCUT2D eigenvalue weighted by atomic mass is 35.5. The Hall–Kier alpha value is -1.46. The van der Waals surface area contributed by atoms with Crippen LogP contribution in [-0.2, 0) is 11.3 Å². The Labute approximate surface area is 131 Å². The smallest absolute Gasteiger partial charge is 0.260 e. The van der Waals surface area contributed by atoms with Crippen LogP contribution in [0.25, 0.3) is 0 Å². The van der Waals surface area contributed by atoms with Crippen molar-refractivity contribution >= 4 is 17.5 Å². The number of methoxy groups -OCH3 is 1. The number of carbonyl (C=O) groups excluding carboxylic acids is 1. The Bertz CT molecular complexity index is 492. The number of carbonyl (C=O) groups is 1. The summed E-state index contributed by atoms with van der Waals surface area (Å²) >= 11 is 6.06. The molecule has 1 aromatic carbocycles. The Kier molecular flexibility index (Phi) is 6.78. The molecule has 0 saturated heterocycles. The van der Waals surface area contributed by atoms with E-state index in [9.17, 15) is 4.79 Å². The number of nitrogens with one attached hydrogen (secondary N) is 2. The minimum absolute atomic E-state index is 0.0624. The van der Waals surface area contributed by atoms with E-state index in [0.29, 0.717) is 23.1 Å². The summed E-state index contributed by atoms with van der Waals surface area (Å²) in [6.07, 6.45) is -0.627. The van der Waals surface area contributed by atoms with Crippen LogP contribution < -0.4 is 20.1 Å². The van der Waals surface area contributed by atoms with Crippen LogP contribution in [0.3, 0.4) is 0 Å². The molecule has 6 heteroatoms. The third-order valence-electron chi connectivity index (χ3n) is 2.78. The maximum absolute atomic E-state index is 12.0. The van der Waals surface area contributed by atoms with Crippen molar-refractivity contribution in [2.75, 3.05) is 14.2 Å². The van der Waals surface area contributed by atoms with E-state index in [1.807, 2.05) is 20.9 Å². The molecule has 0 saturated carbocycles. The Morgan fingerprint density at radius 3 is 2.52 bits per heavy atom. The molecule has 118 valence electrons. The van der Waals surface area contributed by atoms with Gasteiger partial charge in [-0.3, -0.25) is 4.79 Å². The van der Waals surface area contributed by atoms with Crippen molar-refractivity contribution in [1.29, 1.82) is 0 Å². The van der Waals surface area contributed by atoms with E-state index in [1.165, 1.54) is 0 Å². The monoisotopic (exact) mass is 314 g/mol. The van der Waals surface area contributed by atoms with E-state index in [4.69, 9.17) is 21.1 Å². The van der Waals surface area contributed by atoms with E-state index in [2.05, 4.69) is 10.6 Å². The number of halogens is 1. The molecule has 0 aliphatic carbocycles. The minimum Gasteiger partial charge on any atom is -0.493 e. The first kappa shape index (κ1) is 17.6. The molecule has 0 fully saturated rings. The summed E-state index contributed by atoms with van der Waals surface area (Å²) in [5.74, 6) is 0.872. The van der Waals surface area contributed by atoms with Crippen molar-refractivity contribution in [2.45, 2.75) is 39.5 Å². The highest BCUT2D eigenvalue weighted by Crippen LogP contribution is 2.35. The van der Waals surface area contributed by atoms with Crippen LogP contribution in [0.5, 0.6) is 11.5 Å². The molecule has 0 aliphatic rings. The Morgan fingerprint density at radius 1 is 1.33 bits per heavy atom. The number of ether oxygens (including phenoxy) is 2. The zero-order valence-corrected chi connectivity index (χ0v) is 13.9. The van der Waals surface area contributed by atoms with Crippen molar-refractivity contribution < 1.29 is 14.3 Å². The average Bonchev–Trinajstić information content (AvgIpc) is 2.40. The highest BCUT2D eigenvalue weighted by molar-refractivity contribution is 6.30. The summed E-state index contributed by atoms with van der Waals surface area (Å²) in [6, 6.07) is 3.53. The van der Waals surface area contributed by atoms with Crippen LogP contribution in [0.1, 0.15) is 26.3 Å². The molecule has 0 bridgehead atoms. The van der Waals surface area contributed by atoms with Gasteiger partial charge in [-0.15, -0.1) is 0 Å². The van der Waals surface area contributed by atoms with E-state index >= 15 is 0 Å². The second-order valence-corrected chi connectivity index (χ2v) is 5.49. The summed E-state index contributed by atoms with van der Waals surface area (Å²) in [5, 5.41) is 6.42. The lowest BCUT2D eigenvalue weighted by atomic mass is 10.1. The lowest BCUT2D eigenvalue weighted by molar-refractivity contribution is -0.127. The van der Waals surface area contributed by atoms with Crippen LogP contribution in [0.2, 0.25) is 5.02 Å². The van der Waals surface area contributed by atoms with Gasteiger partial charge in [0.05, 0.1) is 7.11 Å². The SMILES string of the molecule is CNCc1cc(Cl)cc(OC)c1OC(C)C(=O)NC(C)C. The molecule has 0 aromatic heterocycles. The van der Waals surface area contributed by atoms with Crippen LogP contribution in [0.15, 0.2) is 12.1 Å². The molecule has 0 spiro atoms. The molecule has 1 atom stereocenters. The third kappa shape index (κ3) is 5.10. The van der Waals surface area contributed by atoms with E-state index in [0.717, 1.165) is 5.56 Å². The fraction of sp³-hybridized carbons (Fsp3) is 0.533. The van der Waals surface area contributed by atoms with Crippen molar-refractivity contribution in [3.63, 3.8) is 0 Å². The van der Waals surface area contributed by atoms with Gasteiger partial charge in [0.2, 0.25) is 0 Å². The summed E-state index contributed by atoms with van der Waals surface area (Å²) < 4.78 is 11.1. The number of rotatable bonds is 7. The van der Waals surface area contributed by atoms with E-state index in [1.54, 1.807) is 26.2 Å². The predicted molar refractivity (Wildman–Crippen MR) is 84.1 cm³/mol. The largest absolute Gasteiger partial charge is 0.493 e. The van der Waals surface area contributed by atoms with Gasteiger partial charge in [0.15, 0.2) is 17.6 Å². The van der Waals surface area contributed by atoms with Gasteiger partial charge in [-0.05, 0) is 33.9 Å². The van der Waals surface area contributed by atoms with Crippen LogP contribution in [0.4, 0.5) is 0 Å². The molecule has 21 heavy (non-hydrogen) atoms. The van der Waals surface area contributed by atoms with Crippen LogP contribution in [0, 0.1) is 0 Å². The number of benzene rings is 1. The molecular formula is C15H23ClN2O3. The fourth-order valence-corrected chi connectivity index (χ4v) is 2.09. The van der Waals surface area contributed by atoms with Gasteiger partial charge < -0.3 is 20.1 Å². The lowest BCUT2D eigenvalue weighted by Crippen LogP contribution is -2.40. The standard InChI is InChI=1S/C15H23ClN2O3/c1-9(2)18-15(19)10(3)21-14-11(8-17-4)6-12(16)7-13(14)20-5/h6-7,9-10,17H,8H2,1-5H3,(H,18,19). The van der Waals surface area contributed by atoms with Gasteiger partial charge in [0, 0.05) is 29.2 Å². The predicted octanol–water partition coefficient (Wildman–Crippen LogP) is 2.36. The van der Waals surface area contributed by atoms with Crippen molar-refractivity contribution in [3.05, 3.63) is 22.7 Å². The zero-order valence-electron chi connectivity index (χ0n) is 13.1. The second-order valence-electron chi connectivity index (χ2n) is 5.05. The normalized spacial score (nSPS) is 12.1. The van der Waals surface area contributed by atoms with Crippen molar-refractivity contribution in [2.24, 2.45) is 0 Å². The zero-order chi connectivity index (χ0) is 16.0. The fourth-order valence-electron chi connectivity index (χ4n) is 1.86. The number of hydrogen-bond acceptors (Lipinski definition) is 4. The maximum atomic E-state index is 12.0. The second kappa shape index (κ2) is 8.10. The summed E-state index contributed by atoms with van der Waals surface area (Å²) in [7, 11) is 3.37. The minimum atomic E-state index is -0.627. The lowest BCUT2D eigenvalue weighted by Gasteiger charge is -2.20. The van der Waals surface area contributed by atoms with Gasteiger partial charge in [0.25, 0.3) is 5.91 Å². The Balaban J connectivity index is 3.02. The molecule has 1 aromatic rings. The molecule has 2 N–H and O–H groups in total. The molecule has 0 heterocycles. The van der Waals surface area contributed by atoms with Gasteiger partial charge in [0.1, 0.15) is 0 Å². The maximum Gasteiger partial charge on any atom is 0.260 e. The topological polar surface area (TPSA) is 59.6 Å². The van der Waals surface area contributed by atoms with Crippen LogP contribution >= 0.6 is 11.6 Å². The van der Waals surface area contributed by atoms with Crippen LogP contribution in [-0.4, -0.2) is 32.2 Å². The third-order valence-corrected chi connectivity index (χ3v) is 3.00. The van der Waals surface area contributed by atoms with E-state index < -0.39 is 6.10 Å². The first-order chi connectivity index (χ1) is 9.88. The number of amides is 1. The molecule has 5 nitrogen and oxygen atoms in total.